The molecule has 1 atom stereocenters. The maximum atomic E-state index is 5.50. The quantitative estimate of drug-likeness (QED) is 0.813. The summed E-state index contributed by atoms with van der Waals surface area (Å²) in [6.45, 7) is 9.28. The van der Waals surface area contributed by atoms with E-state index in [0.29, 0.717) is 6.04 Å². The number of morpholine rings is 1. The molecule has 5 nitrogen and oxygen atoms in total. The first-order valence-electron chi connectivity index (χ1n) is 10.2. The van der Waals surface area contributed by atoms with Crippen molar-refractivity contribution in [3.8, 4) is 11.4 Å². The largest absolute Gasteiger partial charge is 0.379 e. The van der Waals surface area contributed by atoms with Crippen LogP contribution in [0.2, 0.25) is 0 Å². The van der Waals surface area contributed by atoms with E-state index in [1.54, 1.807) is 0 Å². The van der Waals surface area contributed by atoms with Crippen molar-refractivity contribution in [1.82, 2.24) is 19.8 Å². The summed E-state index contributed by atoms with van der Waals surface area (Å²) in [5.74, 6) is 0.820. The summed E-state index contributed by atoms with van der Waals surface area (Å²) in [6, 6.07) is 8.93. The highest BCUT2D eigenvalue weighted by Gasteiger charge is 2.25. The van der Waals surface area contributed by atoms with Gasteiger partial charge >= 0.3 is 0 Å². The van der Waals surface area contributed by atoms with Crippen molar-refractivity contribution in [3.05, 3.63) is 47.8 Å². The van der Waals surface area contributed by atoms with Crippen LogP contribution in [0.25, 0.3) is 11.4 Å². The summed E-state index contributed by atoms with van der Waals surface area (Å²) < 4.78 is 5.50. The van der Waals surface area contributed by atoms with E-state index in [1.807, 2.05) is 18.5 Å². The van der Waals surface area contributed by atoms with E-state index < -0.39 is 0 Å². The number of rotatable bonds is 5. The molecule has 0 unspecified atom stereocenters. The normalized spacial score (nSPS) is 22.0. The van der Waals surface area contributed by atoms with Crippen molar-refractivity contribution in [2.45, 2.75) is 38.8 Å². The molecule has 144 valence electrons. The SMILES string of the molecule is Cc1ccccc1-c1ncc(CN2CCCC[C@@H]2CN2CCOCC2)cn1. The molecule has 2 aliphatic heterocycles. The third-order valence-electron chi connectivity index (χ3n) is 5.80. The number of hydrogen-bond acceptors (Lipinski definition) is 5. The van der Waals surface area contributed by atoms with Crippen molar-refractivity contribution in [1.29, 1.82) is 0 Å². The number of likely N-dealkylation sites (tertiary alicyclic amines) is 1. The number of aryl methyl sites for hydroxylation is 1. The second-order valence-corrected chi connectivity index (χ2v) is 7.76. The van der Waals surface area contributed by atoms with Crippen molar-refractivity contribution in [2.24, 2.45) is 0 Å². The summed E-state index contributed by atoms with van der Waals surface area (Å²) >= 11 is 0. The minimum absolute atomic E-state index is 0.632. The lowest BCUT2D eigenvalue weighted by Gasteiger charge is -2.39. The fourth-order valence-corrected chi connectivity index (χ4v) is 4.19. The Morgan fingerprint density at radius 1 is 1.04 bits per heavy atom. The first-order valence-corrected chi connectivity index (χ1v) is 10.2. The van der Waals surface area contributed by atoms with Crippen LogP contribution in [0.4, 0.5) is 0 Å². The summed E-state index contributed by atoms with van der Waals surface area (Å²) in [4.78, 5) is 14.5. The van der Waals surface area contributed by atoms with Crippen LogP contribution in [0, 0.1) is 6.92 Å². The summed E-state index contributed by atoms with van der Waals surface area (Å²) in [7, 11) is 0. The molecule has 3 heterocycles. The zero-order valence-corrected chi connectivity index (χ0v) is 16.3. The summed E-state index contributed by atoms with van der Waals surface area (Å²) in [5.41, 5.74) is 3.54. The number of piperidine rings is 1. The lowest BCUT2D eigenvalue weighted by atomic mass is 10.0. The molecule has 1 aromatic heterocycles. The number of aromatic nitrogens is 2. The molecular formula is C22H30N4O. The Labute approximate surface area is 162 Å². The van der Waals surface area contributed by atoms with E-state index in [1.165, 1.54) is 36.9 Å². The predicted octanol–water partition coefficient (Wildman–Crippen LogP) is 3.14. The molecule has 1 aromatic carbocycles. The molecule has 2 fully saturated rings. The molecule has 4 rings (SSSR count). The summed E-state index contributed by atoms with van der Waals surface area (Å²) in [5, 5.41) is 0. The Kier molecular flexibility index (Phi) is 6.12. The van der Waals surface area contributed by atoms with Crippen LogP contribution in [-0.2, 0) is 11.3 Å². The van der Waals surface area contributed by atoms with E-state index >= 15 is 0 Å². The molecule has 2 saturated heterocycles. The molecule has 0 aliphatic carbocycles. The average molecular weight is 367 g/mol. The van der Waals surface area contributed by atoms with Gasteiger partial charge in [0.2, 0.25) is 0 Å². The molecule has 27 heavy (non-hydrogen) atoms. The molecule has 0 N–H and O–H groups in total. The van der Waals surface area contributed by atoms with Gasteiger partial charge in [0.25, 0.3) is 0 Å². The Morgan fingerprint density at radius 3 is 2.59 bits per heavy atom. The van der Waals surface area contributed by atoms with E-state index in [2.05, 4.69) is 44.9 Å². The third-order valence-corrected chi connectivity index (χ3v) is 5.80. The molecule has 0 radical (unpaired) electrons. The Hall–Kier alpha value is -1.82. The van der Waals surface area contributed by atoms with Crippen LogP contribution in [-0.4, -0.2) is 65.2 Å². The molecule has 0 spiro atoms. The average Bonchev–Trinajstić information content (AvgIpc) is 2.71. The lowest BCUT2D eigenvalue weighted by Crippen LogP contribution is -2.49. The fraction of sp³-hybridized carbons (Fsp3) is 0.545. The Morgan fingerprint density at radius 2 is 1.81 bits per heavy atom. The Balaban J connectivity index is 1.41. The van der Waals surface area contributed by atoms with Crippen molar-refractivity contribution >= 4 is 0 Å². The number of hydrogen-bond donors (Lipinski definition) is 0. The van der Waals surface area contributed by atoms with Gasteiger partial charge in [-0.1, -0.05) is 30.7 Å². The van der Waals surface area contributed by atoms with Gasteiger partial charge in [-0.2, -0.15) is 0 Å². The molecule has 2 aromatic rings. The van der Waals surface area contributed by atoms with Gasteiger partial charge in [-0.3, -0.25) is 9.80 Å². The highest BCUT2D eigenvalue weighted by Crippen LogP contribution is 2.22. The molecule has 0 bridgehead atoms. The highest BCUT2D eigenvalue weighted by molar-refractivity contribution is 5.59. The van der Waals surface area contributed by atoms with E-state index in [0.717, 1.165) is 50.8 Å². The minimum Gasteiger partial charge on any atom is -0.379 e. The minimum atomic E-state index is 0.632. The van der Waals surface area contributed by atoms with Gasteiger partial charge in [0.1, 0.15) is 0 Å². The second kappa shape index (κ2) is 8.91. The Bertz CT molecular complexity index is 727. The van der Waals surface area contributed by atoms with Gasteiger partial charge in [0.15, 0.2) is 5.82 Å². The van der Waals surface area contributed by atoms with Gasteiger partial charge in [0.05, 0.1) is 13.2 Å². The molecule has 0 saturated carbocycles. The van der Waals surface area contributed by atoms with E-state index in [4.69, 9.17) is 4.74 Å². The molecule has 0 amide bonds. The summed E-state index contributed by atoms with van der Waals surface area (Å²) in [6.07, 6.45) is 7.94. The van der Waals surface area contributed by atoms with Crippen molar-refractivity contribution in [3.63, 3.8) is 0 Å². The van der Waals surface area contributed by atoms with Crippen LogP contribution >= 0.6 is 0 Å². The standard InChI is InChI=1S/C22H30N4O/c1-18-6-2-3-8-21(18)22-23-14-19(15-24-22)16-26-9-5-4-7-20(26)17-25-10-12-27-13-11-25/h2-3,6,8,14-15,20H,4-5,7,9-13,16-17H2,1H3/t20-/m1/s1. The molecular weight excluding hydrogens is 336 g/mol. The fourth-order valence-electron chi connectivity index (χ4n) is 4.19. The molecule has 5 heteroatoms. The van der Waals surface area contributed by atoms with Gasteiger partial charge in [-0.15, -0.1) is 0 Å². The highest BCUT2D eigenvalue weighted by atomic mass is 16.5. The van der Waals surface area contributed by atoms with Gasteiger partial charge in [-0.05, 0) is 31.9 Å². The topological polar surface area (TPSA) is 41.5 Å². The van der Waals surface area contributed by atoms with Crippen LogP contribution in [0.15, 0.2) is 36.7 Å². The predicted molar refractivity (Wildman–Crippen MR) is 108 cm³/mol. The van der Waals surface area contributed by atoms with E-state index in [-0.39, 0.29) is 0 Å². The van der Waals surface area contributed by atoms with Crippen molar-refractivity contribution in [2.75, 3.05) is 39.4 Å². The second-order valence-electron chi connectivity index (χ2n) is 7.76. The number of ether oxygens (including phenoxy) is 1. The van der Waals surface area contributed by atoms with Crippen LogP contribution in [0.3, 0.4) is 0 Å². The maximum absolute atomic E-state index is 5.50. The zero-order valence-electron chi connectivity index (χ0n) is 16.3. The van der Waals surface area contributed by atoms with Crippen LogP contribution in [0.1, 0.15) is 30.4 Å². The van der Waals surface area contributed by atoms with Gasteiger partial charge in [0, 0.05) is 55.7 Å². The smallest absolute Gasteiger partial charge is 0.159 e. The van der Waals surface area contributed by atoms with E-state index in [9.17, 15) is 0 Å². The van der Waals surface area contributed by atoms with Gasteiger partial charge < -0.3 is 4.74 Å². The molecule has 2 aliphatic rings. The first kappa shape index (κ1) is 18.5. The van der Waals surface area contributed by atoms with Crippen LogP contribution < -0.4 is 0 Å². The maximum Gasteiger partial charge on any atom is 0.159 e. The zero-order chi connectivity index (χ0) is 18.5. The lowest BCUT2D eigenvalue weighted by molar-refractivity contribution is 0.0153. The third kappa shape index (κ3) is 4.72. The van der Waals surface area contributed by atoms with Gasteiger partial charge in [-0.25, -0.2) is 9.97 Å². The number of benzene rings is 1. The first-order chi connectivity index (χ1) is 13.3. The van der Waals surface area contributed by atoms with Crippen LogP contribution in [0.5, 0.6) is 0 Å². The van der Waals surface area contributed by atoms with Crippen molar-refractivity contribution < 1.29 is 4.74 Å². The number of nitrogens with zero attached hydrogens (tertiary/aromatic N) is 4. The monoisotopic (exact) mass is 366 g/mol.